The fourth-order valence-electron chi connectivity index (χ4n) is 2.73. The van der Waals surface area contributed by atoms with Gasteiger partial charge < -0.3 is 10.1 Å². The van der Waals surface area contributed by atoms with Gasteiger partial charge >= 0.3 is 0 Å². The van der Waals surface area contributed by atoms with Gasteiger partial charge in [0.1, 0.15) is 0 Å². The fraction of sp³-hybridized carbons (Fsp3) is 0.923. The van der Waals surface area contributed by atoms with Crippen molar-refractivity contribution in [1.82, 2.24) is 13.7 Å². The van der Waals surface area contributed by atoms with Gasteiger partial charge in [-0.05, 0) is 25.7 Å². The maximum atomic E-state index is 11.9. The number of hydrogen-bond donors (Lipinski definition) is 2. The van der Waals surface area contributed by atoms with Gasteiger partial charge in [-0.15, -0.1) is 0 Å². The van der Waals surface area contributed by atoms with Gasteiger partial charge in [-0.2, -0.15) is 0 Å². The van der Waals surface area contributed by atoms with Crippen LogP contribution >= 0.6 is 22.9 Å². The lowest BCUT2D eigenvalue weighted by Crippen LogP contribution is -2.42. The van der Waals surface area contributed by atoms with Crippen molar-refractivity contribution >= 4 is 28.8 Å². The molecule has 2 rings (SSSR count). The molecule has 2 fully saturated rings. The van der Waals surface area contributed by atoms with Crippen LogP contribution in [0.4, 0.5) is 0 Å². The molecule has 1 saturated heterocycles. The minimum absolute atomic E-state index is 0.206. The van der Waals surface area contributed by atoms with Gasteiger partial charge in [-0.1, -0.05) is 0 Å². The van der Waals surface area contributed by atoms with Crippen molar-refractivity contribution in [2.75, 3.05) is 32.8 Å². The molecule has 0 spiro atoms. The van der Waals surface area contributed by atoms with Gasteiger partial charge in [0.25, 0.3) is 0 Å². The van der Waals surface area contributed by atoms with E-state index in [0.29, 0.717) is 18.5 Å². The van der Waals surface area contributed by atoms with Crippen LogP contribution in [0, 0.1) is 0 Å². The van der Waals surface area contributed by atoms with Crippen LogP contribution in [-0.4, -0.2) is 55.7 Å². The molecule has 1 aliphatic carbocycles. The van der Waals surface area contributed by atoms with Crippen molar-refractivity contribution in [3.05, 3.63) is 0 Å². The summed E-state index contributed by atoms with van der Waals surface area (Å²) >= 11 is 2.22. The average molecular weight is 381 g/mol. The summed E-state index contributed by atoms with van der Waals surface area (Å²) in [7, 11) is 0. The molecule has 0 bridgehead atoms. The Hall–Kier alpha value is 0.0800. The monoisotopic (exact) mass is 381 g/mol. The predicted molar refractivity (Wildman–Crippen MR) is 83.2 cm³/mol. The van der Waals surface area contributed by atoms with Crippen LogP contribution in [0.5, 0.6) is 0 Å². The Morgan fingerprint density at radius 2 is 1.79 bits per heavy atom. The van der Waals surface area contributed by atoms with Crippen molar-refractivity contribution in [3.63, 3.8) is 0 Å². The number of rotatable bonds is 5. The molecule has 0 aromatic heterocycles. The number of halogens is 1. The number of nitrogens with zero attached hydrogens (tertiary/aromatic N) is 1. The number of carbonyl (C=O) groups is 1. The Bertz CT molecular complexity index is 277. The third-order valence-corrected chi connectivity index (χ3v) is 4.89. The average Bonchev–Trinajstić information content (AvgIpc) is 2.47. The van der Waals surface area contributed by atoms with E-state index in [-0.39, 0.29) is 5.91 Å². The normalized spacial score (nSPS) is 29.1. The van der Waals surface area contributed by atoms with E-state index in [4.69, 9.17) is 4.74 Å². The first-order valence-electron chi connectivity index (χ1n) is 7.23. The first-order chi connectivity index (χ1) is 9.28. The predicted octanol–water partition coefficient (Wildman–Crippen LogP) is 1.08. The molecule has 1 heterocycles. The molecule has 110 valence electrons. The summed E-state index contributed by atoms with van der Waals surface area (Å²) in [6, 6.07) is 1.01. The van der Waals surface area contributed by atoms with Crippen molar-refractivity contribution in [2.24, 2.45) is 0 Å². The van der Waals surface area contributed by atoms with Gasteiger partial charge in [0.15, 0.2) is 0 Å². The maximum absolute atomic E-state index is 11.9. The Balaban J connectivity index is 1.59. The molecule has 0 aromatic carbocycles. The van der Waals surface area contributed by atoms with Crippen LogP contribution in [0.2, 0.25) is 0 Å². The zero-order chi connectivity index (χ0) is 13.5. The summed E-state index contributed by atoms with van der Waals surface area (Å²) in [6.07, 6.45) is 5.15. The largest absolute Gasteiger partial charge is 0.379 e. The Morgan fingerprint density at radius 3 is 2.42 bits per heavy atom. The standard InChI is InChI=1S/C13H24IN3O2/c14-16-12-3-1-11(2-4-12)15-13(18)5-6-17-7-9-19-10-8-17/h11-12,16H,1-10H2,(H,15,18)/t11-,12-. The fourth-order valence-corrected chi connectivity index (χ4v) is 3.35. The molecule has 19 heavy (non-hydrogen) atoms. The lowest BCUT2D eigenvalue weighted by atomic mass is 9.92. The van der Waals surface area contributed by atoms with Crippen molar-refractivity contribution in [1.29, 1.82) is 0 Å². The summed E-state index contributed by atoms with van der Waals surface area (Å²) in [5.74, 6) is 0.206. The van der Waals surface area contributed by atoms with Crippen molar-refractivity contribution < 1.29 is 9.53 Å². The number of amides is 1. The van der Waals surface area contributed by atoms with E-state index in [1.165, 1.54) is 0 Å². The van der Waals surface area contributed by atoms with Crippen LogP contribution in [0.15, 0.2) is 0 Å². The van der Waals surface area contributed by atoms with Crippen LogP contribution in [0.3, 0.4) is 0 Å². The Kier molecular flexibility index (Phi) is 6.83. The molecule has 1 amide bonds. The molecule has 6 heteroatoms. The van der Waals surface area contributed by atoms with E-state index in [1.807, 2.05) is 0 Å². The lowest BCUT2D eigenvalue weighted by molar-refractivity contribution is -0.122. The highest BCUT2D eigenvalue weighted by molar-refractivity contribution is 14.1. The molecule has 2 aliphatic rings. The third-order valence-electron chi connectivity index (χ3n) is 4.01. The zero-order valence-electron chi connectivity index (χ0n) is 11.4. The van der Waals surface area contributed by atoms with Crippen molar-refractivity contribution in [3.8, 4) is 0 Å². The summed E-state index contributed by atoms with van der Waals surface area (Å²) in [5, 5.41) is 3.18. The summed E-state index contributed by atoms with van der Waals surface area (Å²) < 4.78 is 8.58. The second-order valence-electron chi connectivity index (χ2n) is 5.43. The highest BCUT2D eigenvalue weighted by Gasteiger charge is 2.21. The summed E-state index contributed by atoms with van der Waals surface area (Å²) in [4.78, 5) is 14.2. The molecule has 0 unspecified atom stereocenters. The van der Waals surface area contributed by atoms with E-state index >= 15 is 0 Å². The third kappa shape index (κ3) is 5.53. The van der Waals surface area contributed by atoms with Crippen LogP contribution in [0.25, 0.3) is 0 Å². The number of hydrogen-bond acceptors (Lipinski definition) is 4. The maximum Gasteiger partial charge on any atom is 0.221 e. The van der Waals surface area contributed by atoms with Gasteiger partial charge in [0, 0.05) is 61.0 Å². The minimum atomic E-state index is 0.206. The topological polar surface area (TPSA) is 53.6 Å². The molecule has 0 aromatic rings. The zero-order valence-corrected chi connectivity index (χ0v) is 13.5. The second-order valence-corrected chi connectivity index (χ2v) is 6.05. The Morgan fingerprint density at radius 1 is 1.16 bits per heavy atom. The van der Waals surface area contributed by atoms with Crippen LogP contribution in [-0.2, 0) is 9.53 Å². The van der Waals surface area contributed by atoms with Crippen LogP contribution in [0.1, 0.15) is 32.1 Å². The van der Waals surface area contributed by atoms with E-state index in [2.05, 4.69) is 36.6 Å². The van der Waals surface area contributed by atoms with E-state index in [9.17, 15) is 4.79 Å². The van der Waals surface area contributed by atoms with Gasteiger partial charge in [-0.25, -0.2) is 0 Å². The molecule has 5 nitrogen and oxygen atoms in total. The highest BCUT2D eigenvalue weighted by Crippen LogP contribution is 2.19. The summed E-state index contributed by atoms with van der Waals surface area (Å²) in [6.45, 7) is 4.38. The quantitative estimate of drug-likeness (QED) is 0.553. The van der Waals surface area contributed by atoms with Gasteiger partial charge in [0.05, 0.1) is 13.2 Å². The molecular weight excluding hydrogens is 357 g/mol. The minimum Gasteiger partial charge on any atom is -0.379 e. The molecule has 2 N–H and O–H groups in total. The first kappa shape index (κ1) is 15.5. The molecule has 0 atom stereocenters. The van der Waals surface area contributed by atoms with Gasteiger partial charge in [-0.3, -0.25) is 13.2 Å². The van der Waals surface area contributed by atoms with Crippen LogP contribution < -0.4 is 8.85 Å². The number of ether oxygens (including phenoxy) is 1. The number of morpholine rings is 1. The SMILES string of the molecule is O=C(CCN1CCOCC1)N[C@H]1CC[C@H](NI)CC1. The van der Waals surface area contributed by atoms with E-state index in [0.717, 1.165) is 58.5 Å². The second kappa shape index (κ2) is 8.39. The van der Waals surface area contributed by atoms with E-state index < -0.39 is 0 Å². The first-order valence-corrected chi connectivity index (χ1v) is 8.31. The van der Waals surface area contributed by atoms with E-state index in [1.54, 1.807) is 0 Å². The highest BCUT2D eigenvalue weighted by atomic mass is 127. The molecule has 0 radical (unpaired) electrons. The van der Waals surface area contributed by atoms with Crippen molar-refractivity contribution in [2.45, 2.75) is 44.2 Å². The Labute approximate surface area is 129 Å². The number of nitrogens with one attached hydrogen (secondary N) is 2. The summed E-state index contributed by atoms with van der Waals surface area (Å²) in [5.41, 5.74) is 0. The molecule has 1 saturated carbocycles. The molecular formula is C13H24IN3O2. The van der Waals surface area contributed by atoms with Gasteiger partial charge in [0.2, 0.25) is 5.91 Å². The lowest BCUT2D eigenvalue weighted by Gasteiger charge is -2.29. The molecule has 1 aliphatic heterocycles. The smallest absolute Gasteiger partial charge is 0.221 e. The number of carbonyl (C=O) groups excluding carboxylic acids is 1.